The zero-order valence-electron chi connectivity index (χ0n) is 14.9. The summed E-state index contributed by atoms with van der Waals surface area (Å²) in [7, 11) is 0. The number of hydrogen-bond donors (Lipinski definition) is 2. The highest BCUT2D eigenvalue weighted by Crippen LogP contribution is 2.24. The maximum atomic E-state index is 12.9. The molecule has 0 aliphatic carbocycles. The number of primary amides is 1. The first-order valence-electron chi connectivity index (χ1n) is 8.34. The van der Waals surface area contributed by atoms with E-state index in [4.69, 9.17) is 27.1 Å². The molecule has 3 N–H and O–H groups in total. The fourth-order valence-corrected chi connectivity index (χ4v) is 2.81. The molecule has 9 heteroatoms. The average Bonchev–Trinajstić information content (AvgIpc) is 3.04. The minimum atomic E-state index is -0.591. The van der Waals surface area contributed by atoms with Crippen LogP contribution in [-0.2, 0) is 14.4 Å². The Kier molecular flexibility index (Phi) is 5.55. The van der Waals surface area contributed by atoms with E-state index in [9.17, 15) is 14.4 Å². The maximum absolute atomic E-state index is 12.9. The molecule has 0 bridgehead atoms. The van der Waals surface area contributed by atoms with E-state index in [1.165, 1.54) is 11.0 Å². The number of anilines is 1. The number of ether oxygens (including phenoxy) is 1. The highest BCUT2D eigenvalue weighted by Gasteiger charge is 2.34. The summed E-state index contributed by atoms with van der Waals surface area (Å²) >= 11 is 5.16. The molecule has 1 aliphatic heterocycles. The van der Waals surface area contributed by atoms with Crippen molar-refractivity contribution in [1.29, 1.82) is 0 Å². The molecule has 0 spiro atoms. The van der Waals surface area contributed by atoms with Gasteiger partial charge in [-0.1, -0.05) is 0 Å². The lowest BCUT2D eigenvalue weighted by atomic mass is 10.1. The van der Waals surface area contributed by atoms with Crippen LogP contribution >= 0.6 is 12.2 Å². The minimum Gasteiger partial charge on any atom is -0.493 e. The average molecular weight is 399 g/mol. The van der Waals surface area contributed by atoms with Gasteiger partial charge in [0.05, 0.1) is 18.7 Å². The van der Waals surface area contributed by atoms with Gasteiger partial charge in [0.25, 0.3) is 11.8 Å². The van der Waals surface area contributed by atoms with Gasteiger partial charge in [-0.2, -0.15) is 0 Å². The van der Waals surface area contributed by atoms with Crippen molar-refractivity contribution in [2.45, 2.75) is 13.3 Å². The van der Waals surface area contributed by atoms with E-state index in [-0.39, 0.29) is 23.7 Å². The molecule has 0 atom stereocenters. The van der Waals surface area contributed by atoms with Gasteiger partial charge >= 0.3 is 0 Å². The van der Waals surface area contributed by atoms with Crippen LogP contribution in [0.25, 0.3) is 6.08 Å². The number of nitrogens with one attached hydrogen (secondary N) is 1. The molecule has 144 valence electrons. The molecule has 28 heavy (non-hydrogen) atoms. The summed E-state index contributed by atoms with van der Waals surface area (Å²) in [5.41, 5.74) is 5.43. The van der Waals surface area contributed by atoms with E-state index in [1.807, 2.05) is 0 Å². The van der Waals surface area contributed by atoms with Gasteiger partial charge in [-0.05, 0) is 61.6 Å². The highest BCUT2D eigenvalue weighted by atomic mass is 32.1. The zero-order chi connectivity index (χ0) is 20.3. The molecule has 1 aromatic carbocycles. The first-order valence-corrected chi connectivity index (χ1v) is 8.75. The molecule has 1 fully saturated rings. The van der Waals surface area contributed by atoms with Crippen molar-refractivity contribution >= 4 is 46.8 Å². The second kappa shape index (κ2) is 8.05. The third-order valence-corrected chi connectivity index (χ3v) is 4.15. The molecule has 0 saturated carbocycles. The van der Waals surface area contributed by atoms with Crippen LogP contribution in [0.2, 0.25) is 0 Å². The van der Waals surface area contributed by atoms with Crippen molar-refractivity contribution in [3.05, 3.63) is 53.5 Å². The van der Waals surface area contributed by atoms with E-state index in [0.717, 1.165) is 0 Å². The van der Waals surface area contributed by atoms with E-state index >= 15 is 0 Å². The number of benzene rings is 1. The largest absolute Gasteiger partial charge is 0.493 e. The Hall–Kier alpha value is -3.46. The zero-order valence-corrected chi connectivity index (χ0v) is 15.7. The van der Waals surface area contributed by atoms with Crippen molar-refractivity contribution < 1.29 is 23.5 Å². The predicted molar refractivity (Wildman–Crippen MR) is 105 cm³/mol. The minimum absolute atomic E-state index is 0.0230. The summed E-state index contributed by atoms with van der Waals surface area (Å²) in [5.74, 6) is -0.0531. The summed E-state index contributed by atoms with van der Waals surface area (Å²) < 4.78 is 10.8. The Morgan fingerprint density at radius 3 is 2.57 bits per heavy atom. The van der Waals surface area contributed by atoms with Crippen LogP contribution < -0.4 is 20.7 Å². The van der Waals surface area contributed by atoms with E-state index in [1.54, 1.807) is 43.3 Å². The van der Waals surface area contributed by atoms with Crippen molar-refractivity contribution in [2.75, 3.05) is 11.5 Å². The molecule has 2 aromatic rings. The number of hydrogen-bond acceptors (Lipinski definition) is 6. The highest BCUT2D eigenvalue weighted by molar-refractivity contribution is 7.80. The Bertz CT molecular complexity index is 978. The normalized spacial score (nSPS) is 15.7. The van der Waals surface area contributed by atoms with Crippen LogP contribution in [0.5, 0.6) is 5.75 Å². The van der Waals surface area contributed by atoms with Crippen LogP contribution in [0.4, 0.5) is 5.69 Å². The standard InChI is InChI=1S/C19H17N3O5S/c1-11-2-5-14(27-11)10-15-17(24)21-19(28)22(18(15)25)12-3-6-13(7-4-12)26-9-8-16(20)23/h2-7,10H,8-9H2,1H3,(H2,20,23)(H,21,24,28). The predicted octanol–water partition coefficient (Wildman–Crippen LogP) is 1.67. The quantitative estimate of drug-likeness (QED) is 0.434. The molecule has 1 aliphatic rings. The van der Waals surface area contributed by atoms with E-state index in [0.29, 0.717) is 23.0 Å². The van der Waals surface area contributed by atoms with Gasteiger partial charge in [-0.15, -0.1) is 0 Å². The Morgan fingerprint density at radius 1 is 1.25 bits per heavy atom. The number of nitrogens with two attached hydrogens (primary N) is 1. The van der Waals surface area contributed by atoms with E-state index in [2.05, 4.69) is 5.32 Å². The number of rotatable bonds is 6. The van der Waals surface area contributed by atoms with Crippen LogP contribution in [0.1, 0.15) is 17.9 Å². The molecule has 2 heterocycles. The maximum Gasteiger partial charge on any atom is 0.270 e. The Balaban J connectivity index is 1.81. The molecule has 1 aromatic heterocycles. The first kappa shape index (κ1) is 19.3. The molecule has 0 unspecified atom stereocenters. The number of furan rings is 1. The number of carbonyl (C=O) groups excluding carboxylic acids is 3. The Labute approximate surface area is 165 Å². The molecule has 0 radical (unpaired) electrons. The lowest BCUT2D eigenvalue weighted by molar-refractivity contribution is -0.122. The Morgan fingerprint density at radius 2 is 1.96 bits per heavy atom. The van der Waals surface area contributed by atoms with Crippen molar-refractivity contribution in [1.82, 2.24) is 5.32 Å². The summed E-state index contributed by atoms with van der Waals surface area (Å²) in [6.07, 6.45) is 1.48. The third-order valence-electron chi connectivity index (χ3n) is 3.86. The number of amides is 3. The smallest absolute Gasteiger partial charge is 0.270 e. The van der Waals surface area contributed by atoms with Crippen LogP contribution in [0.15, 0.2) is 46.4 Å². The van der Waals surface area contributed by atoms with Gasteiger partial charge in [-0.25, -0.2) is 0 Å². The van der Waals surface area contributed by atoms with Gasteiger partial charge in [0.1, 0.15) is 22.8 Å². The summed E-state index contributed by atoms with van der Waals surface area (Å²) in [6.45, 7) is 1.92. The number of carbonyl (C=O) groups is 3. The van der Waals surface area contributed by atoms with Gasteiger partial charge in [-0.3, -0.25) is 24.6 Å². The topological polar surface area (TPSA) is 115 Å². The van der Waals surface area contributed by atoms with Gasteiger partial charge in [0.15, 0.2) is 5.11 Å². The number of thiocarbonyl (C=S) groups is 1. The SMILES string of the molecule is Cc1ccc(C=C2C(=O)NC(=S)N(c3ccc(OCCC(N)=O)cc3)C2=O)o1. The van der Waals surface area contributed by atoms with Crippen molar-refractivity contribution in [3.63, 3.8) is 0 Å². The molecular weight excluding hydrogens is 382 g/mol. The van der Waals surface area contributed by atoms with Gasteiger partial charge < -0.3 is 14.9 Å². The molecule has 3 rings (SSSR count). The molecule has 1 saturated heterocycles. The second-order valence-electron chi connectivity index (χ2n) is 5.96. The number of aryl methyl sites for hydroxylation is 1. The van der Waals surface area contributed by atoms with Gasteiger partial charge in [0, 0.05) is 0 Å². The molecule has 8 nitrogen and oxygen atoms in total. The summed E-state index contributed by atoms with van der Waals surface area (Å²) in [5, 5.41) is 2.48. The second-order valence-corrected chi connectivity index (χ2v) is 6.35. The van der Waals surface area contributed by atoms with Crippen molar-refractivity contribution in [2.24, 2.45) is 5.73 Å². The molecular formula is C19H17N3O5S. The number of nitrogens with zero attached hydrogens (tertiary/aromatic N) is 1. The van der Waals surface area contributed by atoms with Crippen LogP contribution in [0.3, 0.4) is 0 Å². The van der Waals surface area contributed by atoms with Crippen LogP contribution in [0, 0.1) is 6.92 Å². The molecule has 3 amide bonds. The summed E-state index contributed by atoms with van der Waals surface area (Å²) in [4.78, 5) is 37.1. The fraction of sp³-hybridized carbons (Fsp3) is 0.158. The monoisotopic (exact) mass is 399 g/mol. The van der Waals surface area contributed by atoms with E-state index < -0.39 is 17.7 Å². The lowest BCUT2D eigenvalue weighted by Crippen LogP contribution is -2.54. The third kappa shape index (κ3) is 4.26. The van der Waals surface area contributed by atoms with Crippen LogP contribution in [-0.4, -0.2) is 29.4 Å². The summed E-state index contributed by atoms with van der Waals surface area (Å²) in [6, 6.07) is 9.89. The lowest BCUT2D eigenvalue weighted by Gasteiger charge is -2.28. The first-order chi connectivity index (χ1) is 13.3. The fourth-order valence-electron chi connectivity index (χ4n) is 2.53. The van der Waals surface area contributed by atoms with Crippen molar-refractivity contribution in [3.8, 4) is 5.75 Å². The van der Waals surface area contributed by atoms with Gasteiger partial charge in [0.2, 0.25) is 5.91 Å².